The van der Waals surface area contributed by atoms with Crippen molar-refractivity contribution in [3.05, 3.63) is 50.6 Å². The summed E-state index contributed by atoms with van der Waals surface area (Å²) in [6.07, 6.45) is 8.53. The topological polar surface area (TPSA) is 66.5 Å². The van der Waals surface area contributed by atoms with E-state index in [4.69, 9.17) is 0 Å². The van der Waals surface area contributed by atoms with Crippen LogP contribution in [0.2, 0.25) is 0 Å². The summed E-state index contributed by atoms with van der Waals surface area (Å²) in [7, 11) is -3.45. The molecule has 1 unspecified atom stereocenters. The molecule has 1 heterocycles. The minimum Gasteiger partial charge on any atom is -0.355 e. The third kappa shape index (κ3) is 6.82. The largest absolute Gasteiger partial charge is 0.355 e. The van der Waals surface area contributed by atoms with E-state index in [1.807, 2.05) is 13.0 Å². The van der Waals surface area contributed by atoms with Crippen molar-refractivity contribution in [1.82, 2.24) is 9.62 Å². The molecule has 2 aliphatic rings. The third-order valence-electron chi connectivity index (χ3n) is 5.71. The fraction of sp³-hybridized carbons (Fsp3) is 0.565. The Labute approximate surface area is 178 Å². The fourth-order valence-electron chi connectivity index (χ4n) is 4.03. The Morgan fingerprint density at radius 3 is 2.41 bits per heavy atom. The maximum Gasteiger partial charge on any atom is 0.243 e. The molecular weight excluding hydrogens is 384 g/mol. The van der Waals surface area contributed by atoms with Crippen LogP contribution in [-0.2, 0) is 14.8 Å². The van der Waals surface area contributed by atoms with Crippen LogP contribution in [0.3, 0.4) is 0 Å². The quantitative estimate of drug-likeness (QED) is 0.781. The first kappa shape index (κ1) is 25.6. The van der Waals surface area contributed by atoms with Crippen LogP contribution in [0, 0.1) is 33.6 Å². The lowest BCUT2D eigenvalue weighted by atomic mass is 9.90. The summed E-state index contributed by atoms with van der Waals surface area (Å²) in [5.74, 6) is 1.29. The molecule has 0 aromatic heterocycles. The number of hydrogen-bond donors (Lipinski definition) is 1. The van der Waals surface area contributed by atoms with Crippen molar-refractivity contribution in [2.45, 2.75) is 63.2 Å². The van der Waals surface area contributed by atoms with E-state index >= 15 is 0 Å². The van der Waals surface area contributed by atoms with Gasteiger partial charge in [-0.25, -0.2) is 8.42 Å². The molecule has 6 heteroatoms. The van der Waals surface area contributed by atoms with Crippen LogP contribution in [-0.4, -0.2) is 38.3 Å². The van der Waals surface area contributed by atoms with Gasteiger partial charge in [0, 0.05) is 19.6 Å². The van der Waals surface area contributed by atoms with Crippen LogP contribution in [0.1, 0.15) is 56.9 Å². The van der Waals surface area contributed by atoms with Crippen molar-refractivity contribution >= 4 is 15.9 Å². The molecule has 0 bridgehead atoms. The number of nitrogens with zero attached hydrogens (tertiary/aromatic N) is 1. The van der Waals surface area contributed by atoms with Gasteiger partial charge in [-0.05, 0) is 49.8 Å². The maximum atomic E-state index is 12.8. The molecule has 161 valence electrons. The number of sulfonamides is 1. The first-order valence-electron chi connectivity index (χ1n) is 10.2. The molecule has 2 fully saturated rings. The Morgan fingerprint density at radius 1 is 1.10 bits per heavy atom. The lowest BCUT2D eigenvalue weighted by molar-refractivity contribution is -0.120. The van der Waals surface area contributed by atoms with Crippen molar-refractivity contribution in [2.75, 3.05) is 19.6 Å². The van der Waals surface area contributed by atoms with E-state index in [0.717, 1.165) is 43.6 Å². The molecule has 29 heavy (non-hydrogen) atoms. The minimum atomic E-state index is -3.45. The Kier molecular flexibility index (Phi) is 10.3. The van der Waals surface area contributed by atoms with Gasteiger partial charge in [-0.2, -0.15) is 4.31 Å². The van der Waals surface area contributed by atoms with Crippen LogP contribution in [0.15, 0.2) is 29.2 Å². The molecule has 0 spiro atoms. The second-order valence-corrected chi connectivity index (χ2v) is 9.85. The second kappa shape index (κ2) is 11.7. The number of carbonyl (C=O) groups excluding carboxylic acids is 1. The number of rotatable bonds is 5. The molecule has 3 rings (SSSR count). The van der Waals surface area contributed by atoms with Gasteiger partial charge in [-0.15, -0.1) is 0 Å². The average Bonchev–Trinajstić information content (AvgIpc) is 3.09. The first-order chi connectivity index (χ1) is 13.0. The molecule has 1 saturated heterocycles. The van der Waals surface area contributed by atoms with E-state index in [0.29, 0.717) is 24.5 Å². The van der Waals surface area contributed by atoms with Crippen LogP contribution < -0.4 is 5.32 Å². The van der Waals surface area contributed by atoms with E-state index in [9.17, 15) is 13.2 Å². The molecule has 1 atom stereocenters. The Bertz CT molecular complexity index is 740. The van der Waals surface area contributed by atoms with E-state index in [-0.39, 0.29) is 26.7 Å². The second-order valence-electron chi connectivity index (χ2n) is 7.92. The predicted octanol–water partition coefficient (Wildman–Crippen LogP) is 4.10. The van der Waals surface area contributed by atoms with Gasteiger partial charge in [-0.3, -0.25) is 4.79 Å². The Balaban J connectivity index is 0.00000210. The van der Waals surface area contributed by atoms with Crippen LogP contribution in [0.25, 0.3) is 0 Å². The van der Waals surface area contributed by atoms with Crippen LogP contribution >= 0.6 is 0 Å². The summed E-state index contributed by atoms with van der Waals surface area (Å²) in [6.45, 7) is 3.45. The number of hydrogen-bond acceptors (Lipinski definition) is 3. The standard InChI is InChI=1S/C21H31N2O3S.2CH2/c1-17-8-7-11-20(14-17)27(25,26)23-13-12-18(16-23)15-22-21(24)19-9-5-3-2-4-6-10-19;;/h7-8,11,14,18H,2-6,9-10,12-13,15-16H2,1H3,(H,22,24);2*1H2. The summed E-state index contributed by atoms with van der Waals surface area (Å²) < 4.78 is 27.2. The lowest BCUT2D eigenvalue weighted by Crippen LogP contribution is -2.35. The predicted molar refractivity (Wildman–Crippen MR) is 117 cm³/mol. The van der Waals surface area contributed by atoms with Crippen molar-refractivity contribution in [2.24, 2.45) is 5.92 Å². The summed E-state index contributed by atoms with van der Waals surface area (Å²) in [4.78, 5) is 12.8. The summed E-state index contributed by atoms with van der Waals surface area (Å²) in [6, 6.07) is 7.05. The fourth-order valence-corrected chi connectivity index (χ4v) is 5.66. The number of benzene rings is 1. The molecule has 1 aromatic rings. The lowest BCUT2D eigenvalue weighted by Gasteiger charge is -2.20. The van der Waals surface area contributed by atoms with Gasteiger partial charge >= 0.3 is 0 Å². The van der Waals surface area contributed by atoms with Gasteiger partial charge in [0.1, 0.15) is 0 Å². The number of aryl methyl sites for hydroxylation is 1. The average molecular weight is 420 g/mol. The van der Waals surface area contributed by atoms with Gasteiger partial charge in [0.25, 0.3) is 0 Å². The maximum absolute atomic E-state index is 12.8. The molecule has 1 aromatic carbocycles. The minimum absolute atomic E-state index is 0. The van der Waals surface area contributed by atoms with E-state index in [1.165, 1.54) is 19.3 Å². The highest BCUT2D eigenvalue weighted by atomic mass is 32.2. The normalized spacial score (nSPS) is 21.3. The van der Waals surface area contributed by atoms with E-state index in [2.05, 4.69) is 5.32 Å². The van der Waals surface area contributed by atoms with Crippen molar-refractivity contribution in [1.29, 1.82) is 0 Å². The highest BCUT2D eigenvalue weighted by Crippen LogP contribution is 2.26. The zero-order valence-electron chi connectivity index (χ0n) is 17.7. The first-order valence-corrected chi connectivity index (χ1v) is 11.6. The summed E-state index contributed by atoms with van der Waals surface area (Å²) in [5, 5.41) is 3.07. The molecule has 1 N–H and O–H groups in total. The molecule has 1 aliphatic carbocycles. The zero-order chi connectivity index (χ0) is 19.3. The SMILES string of the molecule is Cc1cccc(S(=O)(=O)N2CCC(CNC(=O)[C]3CCCCCCC3)C2)c1.[CH2].[CH2]. The van der Waals surface area contributed by atoms with Gasteiger partial charge < -0.3 is 5.32 Å². The Hall–Kier alpha value is -1.40. The molecule has 1 saturated carbocycles. The third-order valence-corrected chi connectivity index (χ3v) is 7.57. The van der Waals surface area contributed by atoms with E-state index in [1.54, 1.807) is 22.5 Å². The highest BCUT2D eigenvalue weighted by molar-refractivity contribution is 7.89. The number of carbonyl (C=O) groups is 1. The van der Waals surface area contributed by atoms with Gasteiger partial charge in [0.15, 0.2) is 0 Å². The smallest absolute Gasteiger partial charge is 0.243 e. The molecule has 5 nitrogen and oxygen atoms in total. The van der Waals surface area contributed by atoms with Gasteiger partial charge in [0.2, 0.25) is 15.9 Å². The molecule has 1 amide bonds. The summed E-state index contributed by atoms with van der Waals surface area (Å²) >= 11 is 0. The van der Waals surface area contributed by atoms with E-state index < -0.39 is 10.0 Å². The van der Waals surface area contributed by atoms with Gasteiger partial charge in [-0.1, -0.05) is 59.1 Å². The highest BCUT2D eigenvalue weighted by Gasteiger charge is 2.33. The molecule has 5 radical (unpaired) electrons. The van der Waals surface area contributed by atoms with Crippen LogP contribution in [0.5, 0.6) is 0 Å². The van der Waals surface area contributed by atoms with Gasteiger partial charge in [0.05, 0.1) is 10.8 Å². The monoisotopic (exact) mass is 419 g/mol. The molecule has 1 aliphatic heterocycles. The summed E-state index contributed by atoms with van der Waals surface area (Å²) in [5.41, 5.74) is 0.940. The number of nitrogens with one attached hydrogen (secondary N) is 1. The van der Waals surface area contributed by atoms with Crippen molar-refractivity contribution in [3.63, 3.8) is 0 Å². The molecular formula is C23H35N2O3S. The zero-order valence-corrected chi connectivity index (χ0v) is 18.5. The van der Waals surface area contributed by atoms with Crippen molar-refractivity contribution < 1.29 is 13.2 Å². The Morgan fingerprint density at radius 2 is 1.76 bits per heavy atom. The van der Waals surface area contributed by atoms with Crippen molar-refractivity contribution in [3.8, 4) is 0 Å². The number of amides is 1. The van der Waals surface area contributed by atoms with Crippen LogP contribution in [0.4, 0.5) is 0 Å².